The second kappa shape index (κ2) is 8.03. The summed E-state index contributed by atoms with van der Waals surface area (Å²) in [5, 5.41) is 5.85. The normalized spacial score (nSPS) is 12.1. The van der Waals surface area contributed by atoms with Gasteiger partial charge in [-0.25, -0.2) is 0 Å². The van der Waals surface area contributed by atoms with Gasteiger partial charge in [-0.2, -0.15) is 0 Å². The van der Waals surface area contributed by atoms with Crippen molar-refractivity contribution in [2.24, 2.45) is 0 Å². The number of hydrogen-bond acceptors (Lipinski definition) is 4. The molecule has 0 saturated carbocycles. The molecule has 1 heterocycles. The molecule has 0 radical (unpaired) electrons. The van der Waals surface area contributed by atoms with E-state index >= 15 is 0 Å². The lowest BCUT2D eigenvalue weighted by molar-refractivity contribution is -0.152. The van der Waals surface area contributed by atoms with Crippen LogP contribution < -0.4 is 5.32 Å². The molecule has 152 valence electrons. The predicted molar refractivity (Wildman–Crippen MR) is 118 cm³/mol. The molecule has 4 aromatic rings. The monoisotopic (exact) mass is 401 g/mol. The zero-order valence-electron chi connectivity index (χ0n) is 17.2. The Morgan fingerprint density at radius 1 is 1.00 bits per heavy atom. The van der Waals surface area contributed by atoms with Crippen LogP contribution in [0.15, 0.2) is 65.3 Å². The highest BCUT2D eigenvalue weighted by Crippen LogP contribution is 2.30. The van der Waals surface area contributed by atoms with Crippen molar-refractivity contribution in [1.29, 1.82) is 0 Å². The van der Waals surface area contributed by atoms with Gasteiger partial charge in [-0.1, -0.05) is 48.5 Å². The predicted octanol–water partition coefficient (Wildman–Crippen LogP) is 5.32. The van der Waals surface area contributed by atoms with E-state index in [4.69, 9.17) is 9.15 Å². The van der Waals surface area contributed by atoms with Gasteiger partial charge in [0.05, 0.1) is 12.7 Å². The summed E-state index contributed by atoms with van der Waals surface area (Å²) in [5.74, 6) is -0.835. The van der Waals surface area contributed by atoms with Crippen molar-refractivity contribution in [3.05, 3.63) is 77.6 Å². The molecule has 3 aromatic carbocycles. The molecular weight excluding hydrogens is 378 g/mol. The maximum atomic E-state index is 12.5. The quantitative estimate of drug-likeness (QED) is 0.460. The van der Waals surface area contributed by atoms with Crippen LogP contribution in [0.2, 0.25) is 0 Å². The van der Waals surface area contributed by atoms with Gasteiger partial charge >= 0.3 is 5.97 Å². The fourth-order valence-electron chi connectivity index (χ4n) is 3.69. The summed E-state index contributed by atoms with van der Waals surface area (Å²) in [6.45, 7) is 5.42. The van der Waals surface area contributed by atoms with Crippen molar-refractivity contribution in [3.63, 3.8) is 0 Å². The number of esters is 1. The van der Waals surface area contributed by atoms with Crippen LogP contribution in [0, 0.1) is 13.8 Å². The molecule has 0 aliphatic rings. The minimum Gasteiger partial charge on any atom is -0.464 e. The highest BCUT2D eigenvalue weighted by molar-refractivity contribution is 6.08. The Balaban J connectivity index is 1.48. The van der Waals surface area contributed by atoms with Crippen molar-refractivity contribution >= 4 is 39.3 Å². The summed E-state index contributed by atoms with van der Waals surface area (Å²) in [6.07, 6.45) is 0.702. The van der Waals surface area contributed by atoms with E-state index in [0.717, 1.165) is 44.1 Å². The van der Waals surface area contributed by atoms with E-state index in [0.29, 0.717) is 0 Å². The molecule has 1 atom stereocenters. The molecule has 4 rings (SSSR count). The molecule has 1 N–H and O–H groups in total. The van der Waals surface area contributed by atoms with Crippen LogP contribution in [0.4, 0.5) is 5.69 Å². The zero-order valence-corrected chi connectivity index (χ0v) is 17.2. The Morgan fingerprint density at radius 2 is 1.73 bits per heavy atom. The van der Waals surface area contributed by atoms with Gasteiger partial charge in [-0.05, 0) is 48.7 Å². The third-order valence-electron chi connectivity index (χ3n) is 5.28. The molecular formula is C25H23NO4. The molecule has 1 amide bonds. The first-order valence-electron chi connectivity index (χ1n) is 9.88. The summed E-state index contributed by atoms with van der Waals surface area (Å²) in [7, 11) is 0. The van der Waals surface area contributed by atoms with E-state index in [1.165, 1.54) is 0 Å². The number of aryl methyl sites for hydroxylation is 2. The zero-order chi connectivity index (χ0) is 21.3. The largest absolute Gasteiger partial charge is 0.464 e. The first-order valence-corrected chi connectivity index (χ1v) is 9.88. The highest BCUT2D eigenvalue weighted by Gasteiger charge is 2.21. The maximum Gasteiger partial charge on any atom is 0.311 e. The number of benzene rings is 3. The Bertz CT molecular complexity index is 1230. The number of ether oxygens (including phenoxy) is 1. The van der Waals surface area contributed by atoms with Crippen LogP contribution in [0.25, 0.3) is 21.7 Å². The van der Waals surface area contributed by atoms with Crippen LogP contribution in [0.5, 0.6) is 0 Å². The van der Waals surface area contributed by atoms with Crippen molar-refractivity contribution in [3.8, 4) is 0 Å². The average molecular weight is 401 g/mol. The van der Waals surface area contributed by atoms with E-state index < -0.39 is 12.1 Å². The molecule has 5 heteroatoms. The van der Waals surface area contributed by atoms with E-state index in [1.807, 2.05) is 68.4 Å². The van der Waals surface area contributed by atoms with Gasteiger partial charge in [0, 0.05) is 16.6 Å². The van der Waals surface area contributed by atoms with E-state index in [2.05, 4.69) is 5.32 Å². The molecule has 0 fully saturated rings. The lowest BCUT2D eigenvalue weighted by Gasteiger charge is -2.16. The molecule has 5 nitrogen and oxygen atoms in total. The number of carbonyl (C=O) groups is 2. The van der Waals surface area contributed by atoms with Crippen LogP contribution in [0.1, 0.15) is 23.6 Å². The van der Waals surface area contributed by atoms with Gasteiger partial charge < -0.3 is 14.5 Å². The third kappa shape index (κ3) is 3.79. The van der Waals surface area contributed by atoms with Gasteiger partial charge in [0.15, 0.2) is 6.10 Å². The minimum atomic E-state index is -0.911. The molecule has 0 bridgehead atoms. The summed E-state index contributed by atoms with van der Waals surface area (Å²) >= 11 is 0. The Labute approximate surface area is 174 Å². The fraction of sp³-hybridized carbons (Fsp3) is 0.200. The lowest BCUT2D eigenvalue weighted by Crippen LogP contribution is -2.31. The fourth-order valence-corrected chi connectivity index (χ4v) is 3.69. The highest BCUT2D eigenvalue weighted by atomic mass is 16.5. The van der Waals surface area contributed by atoms with Crippen LogP contribution in [-0.4, -0.2) is 18.0 Å². The molecule has 1 unspecified atom stereocenters. The first kappa shape index (κ1) is 19.7. The smallest absolute Gasteiger partial charge is 0.311 e. The number of amides is 1. The lowest BCUT2D eigenvalue weighted by atomic mass is 10.0. The molecule has 30 heavy (non-hydrogen) atoms. The average Bonchev–Trinajstić information content (AvgIpc) is 3.13. The Kier molecular flexibility index (Phi) is 5.27. The van der Waals surface area contributed by atoms with Crippen LogP contribution in [-0.2, 0) is 20.7 Å². The van der Waals surface area contributed by atoms with Crippen molar-refractivity contribution in [2.45, 2.75) is 33.3 Å². The summed E-state index contributed by atoms with van der Waals surface area (Å²) in [5.41, 5.74) is 4.13. The van der Waals surface area contributed by atoms with Gasteiger partial charge in [-0.15, -0.1) is 0 Å². The van der Waals surface area contributed by atoms with Crippen LogP contribution in [0.3, 0.4) is 0 Å². The Morgan fingerprint density at radius 3 is 2.50 bits per heavy atom. The number of hydrogen-bond donors (Lipinski definition) is 1. The second-order valence-electron chi connectivity index (χ2n) is 7.49. The molecule has 0 aliphatic heterocycles. The summed E-state index contributed by atoms with van der Waals surface area (Å²) < 4.78 is 11.0. The molecule has 0 saturated heterocycles. The second-order valence-corrected chi connectivity index (χ2v) is 7.49. The van der Waals surface area contributed by atoms with E-state index in [-0.39, 0.29) is 12.3 Å². The van der Waals surface area contributed by atoms with Gasteiger partial charge in [0.1, 0.15) is 5.58 Å². The van der Waals surface area contributed by atoms with Gasteiger partial charge in [0.25, 0.3) is 5.91 Å². The number of furan rings is 1. The first-order chi connectivity index (χ1) is 14.4. The van der Waals surface area contributed by atoms with Crippen molar-refractivity contribution in [1.82, 2.24) is 0 Å². The number of anilines is 1. The maximum absolute atomic E-state index is 12.5. The summed E-state index contributed by atoms with van der Waals surface area (Å²) in [6, 6.07) is 17.6. The number of nitrogens with one attached hydrogen (secondary N) is 1. The number of rotatable bonds is 5. The molecule has 0 spiro atoms. The number of carbonyl (C=O) groups excluding carboxylic acids is 2. The number of para-hydroxylation sites is 1. The minimum absolute atomic E-state index is 0.0298. The van der Waals surface area contributed by atoms with Crippen LogP contribution >= 0.6 is 0 Å². The number of fused-ring (bicyclic) bond motifs is 3. The Hall–Kier alpha value is -3.60. The molecule has 1 aromatic heterocycles. The van der Waals surface area contributed by atoms with Gasteiger partial charge in [0.2, 0.25) is 0 Å². The molecule has 0 aliphatic carbocycles. The topological polar surface area (TPSA) is 68.5 Å². The van der Waals surface area contributed by atoms with Crippen molar-refractivity contribution in [2.75, 3.05) is 5.32 Å². The standard InChI is InChI=1S/C25H23NO4/c1-15-7-6-8-16(2)24(15)26-25(28)17(3)30-22(27)13-19-14-29-21-12-11-18-9-4-5-10-20(18)23(19)21/h4-12,14,17H,13H2,1-3H3,(H,26,28). The third-order valence-corrected chi connectivity index (χ3v) is 5.28. The van der Waals surface area contributed by atoms with Crippen molar-refractivity contribution < 1.29 is 18.7 Å². The van der Waals surface area contributed by atoms with E-state index in [1.54, 1.807) is 13.2 Å². The summed E-state index contributed by atoms with van der Waals surface area (Å²) in [4.78, 5) is 25.1. The SMILES string of the molecule is Cc1cccc(C)c1NC(=O)C(C)OC(=O)Cc1coc2ccc3ccccc3c12. The van der Waals surface area contributed by atoms with E-state index in [9.17, 15) is 9.59 Å². The van der Waals surface area contributed by atoms with Gasteiger partial charge in [-0.3, -0.25) is 9.59 Å².